The molecular formula is C29H28N2O7S. The number of aromatic nitrogens is 2. The minimum Gasteiger partial charge on any atom is -0.491 e. The van der Waals surface area contributed by atoms with Gasteiger partial charge in [-0.1, -0.05) is 30.3 Å². The Morgan fingerprint density at radius 1 is 1.03 bits per heavy atom. The summed E-state index contributed by atoms with van der Waals surface area (Å²) in [6.07, 6.45) is 4.42. The summed E-state index contributed by atoms with van der Waals surface area (Å²) in [5.41, 5.74) is 2.60. The average Bonchev–Trinajstić information content (AvgIpc) is 3.64. The van der Waals surface area contributed by atoms with Crippen LogP contribution in [0.5, 0.6) is 17.2 Å². The van der Waals surface area contributed by atoms with Gasteiger partial charge in [0, 0.05) is 30.2 Å². The second-order valence-corrected chi connectivity index (χ2v) is 11.2. The van der Waals surface area contributed by atoms with Crippen molar-refractivity contribution in [1.29, 1.82) is 0 Å². The van der Waals surface area contributed by atoms with E-state index < -0.39 is 15.8 Å². The molecule has 3 heterocycles. The summed E-state index contributed by atoms with van der Waals surface area (Å²) in [5.74, 6) is 0.902. The average molecular weight is 549 g/mol. The van der Waals surface area contributed by atoms with Gasteiger partial charge in [-0.2, -0.15) is 0 Å². The van der Waals surface area contributed by atoms with Crippen molar-refractivity contribution in [1.82, 2.24) is 9.97 Å². The minimum atomic E-state index is -3.42. The molecule has 0 spiro atoms. The highest BCUT2D eigenvalue weighted by Crippen LogP contribution is 2.33. The van der Waals surface area contributed by atoms with Crippen LogP contribution in [0.3, 0.4) is 0 Å². The third kappa shape index (κ3) is 7.04. The molecule has 1 aliphatic rings. The number of nitrogens with zero attached hydrogens (tertiary/aromatic N) is 1. The Morgan fingerprint density at radius 2 is 1.85 bits per heavy atom. The van der Waals surface area contributed by atoms with Crippen LogP contribution in [-0.2, 0) is 25.9 Å². The van der Waals surface area contributed by atoms with Gasteiger partial charge in [0.1, 0.15) is 36.2 Å². The van der Waals surface area contributed by atoms with Crippen LogP contribution >= 0.6 is 0 Å². The van der Waals surface area contributed by atoms with Crippen LogP contribution in [0.4, 0.5) is 0 Å². The summed E-state index contributed by atoms with van der Waals surface area (Å²) in [7, 11) is -3.42. The molecule has 39 heavy (non-hydrogen) atoms. The fourth-order valence-electron chi connectivity index (χ4n) is 4.10. The molecule has 0 bridgehead atoms. The van der Waals surface area contributed by atoms with E-state index in [-0.39, 0.29) is 17.7 Å². The van der Waals surface area contributed by atoms with Crippen LogP contribution < -0.4 is 9.47 Å². The largest absolute Gasteiger partial charge is 0.491 e. The molecule has 10 heteroatoms. The molecule has 9 nitrogen and oxygen atoms in total. The number of nitrogens with one attached hydrogen (secondary N) is 1. The lowest BCUT2D eigenvalue weighted by molar-refractivity contribution is 0.0466. The van der Waals surface area contributed by atoms with E-state index in [0.717, 1.165) is 36.8 Å². The van der Waals surface area contributed by atoms with Crippen LogP contribution in [-0.4, -0.2) is 49.9 Å². The van der Waals surface area contributed by atoms with Gasteiger partial charge in [0.25, 0.3) is 0 Å². The van der Waals surface area contributed by atoms with Gasteiger partial charge in [-0.05, 0) is 54.8 Å². The maximum Gasteiger partial charge on any atom is 0.355 e. The van der Waals surface area contributed by atoms with E-state index in [0.29, 0.717) is 35.2 Å². The van der Waals surface area contributed by atoms with E-state index in [2.05, 4.69) is 9.97 Å². The SMILES string of the molecule is CS(=O)(=O)c1ccc(Oc2cc(OCC3CCCO3)cc(-c3ccc(C(=O)OCc4ccccc4)[nH]3)c2)cn1. The summed E-state index contributed by atoms with van der Waals surface area (Å²) in [6.45, 7) is 1.30. The molecule has 2 aromatic carbocycles. The number of hydrogen-bond donors (Lipinski definition) is 1. The first-order valence-corrected chi connectivity index (χ1v) is 14.4. The summed E-state index contributed by atoms with van der Waals surface area (Å²) >= 11 is 0. The van der Waals surface area contributed by atoms with Crippen molar-refractivity contribution in [3.05, 3.63) is 90.3 Å². The van der Waals surface area contributed by atoms with Gasteiger partial charge in [0.2, 0.25) is 0 Å². The molecule has 4 aromatic rings. The smallest absolute Gasteiger partial charge is 0.355 e. The number of rotatable bonds is 10. The van der Waals surface area contributed by atoms with Crippen molar-refractivity contribution in [3.63, 3.8) is 0 Å². The highest BCUT2D eigenvalue weighted by molar-refractivity contribution is 7.90. The van der Waals surface area contributed by atoms with Crippen LogP contribution in [0, 0.1) is 0 Å². The molecule has 5 rings (SSSR count). The van der Waals surface area contributed by atoms with Gasteiger partial charge in [-0.3, -0.25) is 0 Å². The number of hydrogen-bond acceptors (Lipinski definition) is 8. The number of pyridine rings is 1. The summed E-state index contributed by atoms with van der Waals surface area (Å²) < 4.78 is 46.6. The number of H-pyrrole nitrogens is 1. The molecule has 1 unspecified atom stereocenters. The third-order valence-electron chi connectivity index (χ3n) is 6.09. The van der Waals surface area contributed by atoms with E-state index in [1.54, 1.807) is 30.3 Å². The zero-order chi connectivity index (χ0) is 27.2. The molecular weight excluding hydrogens is 520 g/mol. The zero-order valence-corrected chi connectivity index (χ0v) is 22.1. The van der Waals surface area contributed by atoms with Crippen molar-refractivity contribution in [3.8, 4) is 28.5 Å². The number of benzene rings is 2. The first kappa shape index (κ1) is 26.5. The molecule has 2 aromatic heterocycles. The third-order valence-corrected chi connectivity index (χ3v) is 7.10. The van der Waals surface area contributed by atoms with Crippen molar-refractivity contribution < 1.29 is 32.2 Å². The highest BCUT2D eigenvalue weighted by atomic mass is 32.2. The first-order chi connectivity index (χ1) is 18.8. The lowest BCUT2D eigenvalue weighted by atomic mass is 10.1. The highest BCUT2D eigenvalue weighted by Gasteiger charge is 2.18. The maximum absolute atomic E-state index is 12.6. The Hall–Kier alpha value is -4.15. The van der Waals surface area contributed by atoms with E-state index >= 15 is 0 Å². The van der Waals surface area contributed by atoms with E-state index in [4.69, 9.17) is 18.9 Å². The van der Waals surface area contributed by atoms with E-state index in [9.17, 15) is 13.2 Å². The number of carbonyl (C=O) groups excluding carboxylic acids is 1. The second-order valence-electron chi connectivity index (χ2n) is 9.19. The van der Waals surface area contributed by atoms with Crippen molar-refractivity contribution in [2.45, 2.75) is 30.6 Å². The molecule has 1 atom stereocenters. The Morgan fingerprint density at radius 3 is 2.56 bits per heavy atom. The number of esters is 1. The number of ether oxygens (including phenoxy) is 4. The molecule has 0 amide bonds. The molecule has 1 saturated heterocycles. The van der Waals surface area contributed by atoms with E-state index in [1.807, 2.05) is 36.4 Å². The number of sulfone groups is 1. The normalized spacial score (nSPS) is 15.2. The van der Waals surface area contributed by atoms with Crippen LogP contribution in [0.15, 0.2) is 84.0 Å². The molecule has 202 valence electrons. The van der Waals surface area contributed by atoms with Crippen molar-refractivity contribution in [2.75, 3.05) is 19.5 Å². The quantitative estimate of drug-likeness (QED) is 0.269. The fourth-order valence-corrected chi connectivity index (χ4v) is 4.66. The fraction of sp³-hybridized carbons (Fsp3) is 0.241. The van der Waals surface area contributed by atoms with Crippen molar-refractivity contribution >= 4 is 15.8 Å². The van der Waals surface area contributed by atoms with Gasteiger partial charge >= 0.3 is 5.97 Å². The lowest BCUT2D eigenvalue weighted by Crippen LogP contribution is -2.16. The Kier molecular flexibility index (Phi) is 7.94. The first-order valence-electron chi connectivity index (χ1n) is 12.5. The van der Waals surface area contributed by atoms with E-state index in [1.165, 1.54) is 12.3 Å². The number of aromatic amines is 1. The molecule has 1 fully saturated rings. The van der Waals surface area contributed by atoms with Crippen LogP contribution in [0.2, 0.25) is 0 Å². The predicted octanol–water partition coefficient (Wildman–Crippen LogP) is 5.19. The van der Waals surface area contributed by atoms with Crippen LogP contribution in [0.1, 0.15) is 28.9 Å². The molecule has 0 saturated carbocycles. The zero-order valence-electron chi connectivity index (χ0n) is 21.3. The standard InChI is InChI=1S/C29H28N2O7S/c1-39(33,34)28-12-9-22(17-30-28)38-25-15-21(14-24(16-25)36-19-23-8-5-13-35-23)26-10-11-27(31-26)29(32)37-18-20-6-3-2-4-7-20/h2-4,6-7,9-12,14-17,23,31H,5,8,13,18-19H2,1H3. The minimum absolute atomic E-state index is 0.0298. The Labute approximate surface area is 226 Å². The lowest BCUT2D eigenvalue weighted by Gasteiger charge is -2.14. The molecule has 1 N–H and O–H groups in total. The molecule has 0 aliphatic carbocycles. The van der Waals surface area contributed by atoms with Crippen molar-refractivity contribution in [2.24, 2.45) is 0 Å². The summed E-state index contributed by atoms with van der Waals surface area (Å²) in [5, 5.41) is -0.0396. The van der Waals surface area contributed by atoms with Gasteiger partial charge in [0.05, 0.1) is 12.3 Å². The Bertz CT molecular complexity index is 1530. The van der Waals surface area contributed by atoms with Gasteiger partial charge < -0.3 is 23.9 Å². The second kappa shape index (κ2) is 11.7. The van der Waals surface area contributed by atoms with Gasteiger partial charge in [-0.25, -0.2) is 18.2 Å². The summed E-state index contributed by atoms with van der Waals surface area (Å²) in [6, 6.07) is 21.2. The maximum atomic E-state index is 12.6. The molecule has 0 radical (unpaired) electrons. The van der Waals surface area contributed by atoms with Gasteiger partial charge in [0.15, 0.2) is 14.9 Å². The topological polar surface area (TPSA) is 117 Å². The molecule has 1 aliphatic heterocycles. The monoisotopic (exact) mass is 548 g/mol. The predicted molar refractivity (Wildman–Crippen MR) is 144 cm³/mol. The van der Waals surface area contributed by atoms with Crippen LogP contribution in [0.25, 0.3) is 11.3 Å². The summed E-state index contributed by atoms with van der Waals surface area (Å²) in [4.78, 5) is 19.7. The Balaban J connectivity index is 1.36. The number of carbonyl (C=O) groups is 1. The van der Waals surface area contributed by atoms with Gasteiger partial charge in [-0.15, -0.1) is 0 Å².